The van der Waals surface area contributed by atoms with Crippen LogP contribution in [0.4, 0.5) is 13.6 Å². The number of hydrogen-bond acceptors (Lipinski definition) is 4. The fourth-order valence-corrected chi connectivity index (χ4v) is 1.88. The van der Waals surface area contributed by atoms with E-state index in [1.807, 2.05) is 0 Å². The second-order valence-electron chi connectivity index (χ2n) is 5.32. The molecule has 1 atom stereocenters. The lowest BCUT2D eigenvalue weighted by atomic mass is 10.00. The topological polar surface area (TPSA) is 41.9 Å². The molecule has 0 aromatic carbocycles. The van der Waals surface area contributed by atoms with Gasteiger partial charge >= 0.3 is 6.09 Å². The molecule has 0 aliphatic carbocycles. The number of ether oxygens (including phenoxy) is 1. The fourth-order valence-electron chi connectivity index (χ4n) is 1.73. The molecule has 0 aromatic heterocycles. The summed E-state index contributed by atoms with van der Waals surface area (Å²) in [5, 5.41) is 0. The molecule has 1 rings (SSSR count). The highest BCUT2D eigenvalue weighted by atomic mass is 32.1. The number of carbonyl (C=O) groups is 1. The summed E-state index contributed by atoms with van der Waals surface area (Å²) in [6.07, 6.45) is -0.171. The third kappa shape index (κ3) is 4.44. The molecule has 1 fully saturated rings. The Labute approximate surface area is 111 Å². The number of nitrogens with zero attached hydrogens (tertiary/aromatic N) is 2. The molecule has 0 bridgehead atoms. The lowest BCUT2D eigenvalue weighted by molar-refractivity contribution is -0.0676. The molecule has 104 valence electrons. The van der Waals surface area contributed by atoms with Crippen LogP contribution in [0, 0.1) is 0 Å². The first-order chi connectivity index (χ1) is 8.14. The first-order valence-corrected chi connectivity index (χ1v) is 6.10. The molecular formula is C11H18F2N2O2S. The van der Waals surface area contributed by atoms with E-state index in [1.54, 1.807) is 20.8 Å². The highest BCUT2D eigenvalue weighted by Gasteiger charge is 2.42. The van der Waals surface area contributed by atoms with Crippen molar-refractivity contribution in [3.63, 3.8) is 0 Å². The van der Waals surface area contributed by atoms with E-state index in [4.69, 9.17) is 4.74 Å². The molecule has 0 radical (unpaired) electrons. The fraction of sp³-hybridized carbons (Fsp3) is 0.818. The quantitative estimate of drug-likeness (QED) is 0.592. The maximum absolute atomic E-state index is 13.3. The van der Waals surface area contributed by atoms with Crippen LogP contribution in [0.2, 0.25) is 0 Å². The Morgan fingerprint density at radius 2 is 2.17 bits per heavy atom. The average molecular weight is 280 g/mol. The lowest BCUT2D eigenvalue weighted by Crippen LogP contribution is -2.51. The van der Waals surface area contributed by atoms with Gasteiger partial charge in [-0.05, 0) is 33.6 Å². The van der Waals surface area contributed by atoms with Crippen molar-refractivity contribution in [2.45, 2.75) is 51.2 Å². The van der Waals surface area contributed by atoms with Gasteiger partial charge in [0.25, 0.3) is 5.92 Å². The van der Waals surface area contributed by atoms with Crippen LogP contribution >= 0.6 is 12.8 Å². The SMILES string of the molecule is CC(C)(C)OC(=O)N1CCC(F)(F)CC1C=NS. The van der Waals surface area contributed by atoms with E-state index >= 15 is 0 Å². The molecule has 4 nitrogen and oxygen atoms in total. The van der Waals surface area contributed by atoms with Crippen molar-refractivity contribution < 1.29 is 18.3 Å². The zero-order chi connectivity index (χ0) is 14.0. The molecule has 0 aromatic rings. The van der Waals surface area contributed by atoms with Gasteiger partial charge in [-0.25, -0.2) is 18.0 Å². The van der Waals surface area contributed by atoms with Crippen LogP contribution in [-0.2, 0) is 4.74 Å². The zero-order valence-electron chi connectivity index (χ0n) is 10.7. The van der Waals surface area contributed by atoms with Crippen LogP contribution in [0.25, 0.3) is 0 Å². The Balaban J connectivity index is 2.77. The molecule has 0 saturated carbocycles. The van der Waals surface area contributed by atoms with E-state index in [1.165, 1.54) is 11.1 Å². The standard InChI is InChI=1S/C11H18F2N2O2S/c1-10(2,3)17-9(16)15-5-4-11(12,13)6-8(15)7-14-18/h7-8,18H,4-6H2,1-3H3. The molecule has 1 aliphatic rings. The molecule has 0 N–H and O–H groups in total. The largest absolute Gasteiger partial charge is 0.444 e. The summed E-state index contributed by atoms with van der Waals surface area (Å²) in [6, 6.07) is -0.777. The van der Waals surface area contributed by atoms with Gasteiger partial charge in [-0.1, -0.05) is 0 Å². The van der Waals surface area contributed by atoms with E-state index in [-0.39, 0.29) is 13.0 Å². The smallest absolute Gasteiger partial charge is 0.410 e. The minimum absolute atomic E-state index is 0.0492. The van der Waals surface area contributed by atoms with Gasteiger partial charge in [0.15, 0.2) is 0 Å². The summed E-state index contributed by atoms with van der Waals surface area (Å²) in [6.45, 7) is 5.13. The highest BCUT2D eigenvalue weighted by molar-refractivity contribution is 7.78. The van der Waals surface area contributed by atoms with Crippen LogP contribution < -0.4 is 0 Å². The number of amides is 1. The van der Waals surface area contributed by atoms with E-state index in [0.29, 0.717) is 0 Å². The molecule has 0 spiro atoms. The number of alkyl halides is 2. The molecule has 1 heterocycles. The number of thiol groups is 1. The van der Waals surface area contributed by atoms with Crippen LogP contribution in [0.5, 0.6) is 0 Å². The first-order valence-electron chi connectivity index (χ1n) is 5.70. The summed E-state index contributed by atoms with van der Waals surface area (Å²) >= 11 is 3.63. The third-order valence-electron chi connectivity index (χ3n) is 2.49. The molecule has 1 aliphatic heterocycles. The predicted molar refractivity (Wildman–Crippen MR) is 68.4 cm³/mol. The van der Waals surface area contributed by atoms with Crippen LogP contribution in [-0.4, -0.2) is 41.3 Å². The lowest BCUT2D eigenvalue weighted by Gasteiger charge is -2.37. The van der Waals surface area contributed by atoms with Crippen LogP contribution in [0.1, 0.15) is 33.6 Å². The van der Waals surface area contributed by atoms with Gasteiger partial charge in [0.2, 0.25) is 0 Å². The Hall–Kier alpha value is -0.850. The summed E-state index contributed by atoms with van der Waals surface area (Å²) in [4.78, 5) is 13.1. The Morgan fingerprint density at radius 3 is 2.67 bits per heavy atom. The van der Waals surface area contributed by atoms with Gasteiger partial charge in [-0.2, -0.15) is 0 Å². The number of piperidine rings is 1. The number of likely N-dealkylation sites (tertiary alicyclic amines) is 1. The van der Waals surface area contributed by atoms with Gasteiger partial charge < -0.3 is 4.74 Å². The predicted octanol–water partition coefficient (Wildman–Crippen LogP) is 2.94. The molecule has 7 heteroatoms. The summed E-state index contributed by atoms with van der Waals surface area (Å²) in [5.74, 6) is -2.78. The van der Waals surface area contributed by atoms with Gasteiger partial charge in [-0.3, -0.25) is 4.90 Å². The van der Waals surface area contributed by atoms with Gasteiger partial charge in [0, 0.05) is 25.6 Å². The van der Waals surface area contributed by atoms with Crippen molar-refractivity contribution in [1.29, 1.82) is 0 Å². The Morgan fingerprint density at radius 1 is 1.56 bits per heavy atom. The number of rotatable bonds is 1. The van der Waals surface area contributed by atoms with Gasteiger partial charge in [0.05, 0.1) is 6.04 Å². The van der Waals surface area contributed by atoms with Crippen LogP contribution in [0.3, 0.4) is 0 Å². The van der Waals surface area contributed by atoms with Gasteiger partial charge in [0.1, 0.15) is 5.60 Å². The molecule has 1 saturated heterocycles. The van der Waals surface area contributed by atoms with E-state index < -0.39 is 30.1 Å². The first kappa shape index (κ1) is 15.2. The minimum Gasteiger partial charge on any atom is -0.444 e. The Kier molecular flexibility index (Phi) is 4.58. The number of halogens is 2. The molecule has 1 amide bonds. The molecule has 18 heavy (non-hydrogen) atoms. The van der Waals surface area contributed by atoms with Crippen molar-refractivity contribution in [2.24, 2.45) is 4.40 Å². The summed E-state index contributed by atoms with van der Waals surface area (Å²) in [7, 11) is 0. The van der Waals surface area contributed by atoms with Crippen molar-refractivity contribution in [1.82, 2.24) is 4.90 Å². The monoisotopic (exact) mass is 280 g/mol. The van der Waals surface area contributed by atoms with Crippen LogP contribution in [0.15, 0.2) is 4.40 Å². The van der Waals surface area contributed by atoms with Crippen molar-refractivity contribution in [3.05, 3.63) is 0 Å². The second kappa shape index (κ2) is 5.42. The number of carbonyl (C=O) groups excluding carboxylic acids is 1. The number of hydrogen-bond donors (Lipinski definition) is 1. The van der Waals surface area contributed by atoms with Crippen molar-refractivity contribution >= 4 is 25.1 Å². The van der Waals surface area contributed by atoms with E-state index in [2.05, 4.69) is 17.2 Å². The second-order valence-corrected chi connectivity index (χ2v) is 5.55. The summed E-state index contributed by atoms with van der Waals surface area (Å²) in [5.41, 5.74) is -0.653. The molecule has 1 unspecified atom stereocenters. The van der Waals surface area contributed by atoms with Crippen molar-refractivity contribution in [3.8, 4) is 0 Å². The van der Waals surface area contributed by atoms with E-state index in [0.717, 1.165) is 0 Å². The van der Waals surface area contributed by atoms with Crippen molar-refractivity contribution in [2.75, 3.05) is 6.54 Å². The third-order valence-corrected chi connectivity index (χ3v) is 2.63. The van der Waals surface area contributed by atoms with E-state index in [9.17, 15) is 13.6 Å². The minimum atomic E-state index is -2.78. The Bertz CT molecular complexity index is 342. The maximum atomic E-state index is 13.3. The average Bonchev–Trinajstić information content (AvgIpc) is 2.13. The normalized spacial score (nSPS) is 24.3. The highest BCUT2D eigenvalue weighted by Crippen LogP contribution is 2.32. The maximum Gasteiger partial charge on any atom is 0.410 e. The van der Waals surface area contributed by atoms with Gasteiger partial charge in [-0.15, -0.1) is 0 Å². The molecular weight excluding hydrogens is 262 g/mol. The zero-order valence-corrected chi connectivity index (χ0v) is 11.6. The summed E-state index contributed by atoms with van der Waals surface area (Å²) < 4.78 is 35.2.